The third kappa shape index (κ3) is 4.50. The smallest absolute Gasteiger partial charge is 0.254 e. The molecule has 0 radical (unpaired) electrons. The molecule has 2 aliphatic rings. The van der Waals surface area contributed by atoms with Crippen LogP contribution in [-0.2, 0) is 14.8 Å². The second-order valence-electron chi connectivity index (χ2n) is 8.16. The van der Waals surface area contributed by atoms with Crippen molar-refractivity contribution in [1.29, 1.82) is 0 Å². The summed E-state index contributed by atoms with van der Waals surface area (Å²) < 4.78 is 32.8. The molecular formula is C23H28ClN3O4S. The molecule has 4 rings (SSSR count). The number of rotatable bonds is 4. The van der Waals surface area contributed by atoms with E-state index in [4.69, 9.17) is 16.3 Å². The Kier molecular flexibility index (Phi) is 6.76. The standard InChI is InChI=1S/C23H28ClN3O4S/c1-17-4-3-5-21(18(17)2)25-8-10-26(11-9-25)23(28)19-6-7-20(24)22(16-19)32(29,30)27-12-14-31-15-13-27/h3-7,16H,8-15H2,1-2H3. The summed E-state index contributed by atoms with van der Waals surface area (Å²) in [5.74, 6) is -0.180. The lowest BCUT2D eigenvalue weighted by Gasteiger charge is -2.37. The molecule has 0 spiro atoms. The van der Waals surface area contributed by atoms with Crippen LogP contribution >= 0.6 is 11.6 Å². The van der Waals surface area contributed by atoms with Crippen LogP contribution in [0.5, 0.6) is 0 Å². The van der Waals surface area contributed by atoms with Crippen molar-refractivity contribution in [1.82, 2.24) is 9.21 Å². The molecule has 2 fully saturated rings. The van der Waals surface area contributed by atoms with E-state index in [1.807, 2.05) is 0 Å². The van der Waals surface area contributed by atoms with Crippen LogP contribution in [0.3, 0.4) is 0 Å². The molecule has 0 unspecified atom stereocenters. The molecular weight excluding hydrogens is 450 g/mol. The van der Waals surface area contributed by atoms with E-state index in [0.717, 1.165) is 13.1 Å². The monoisotopic (exact) mass is 477 g/mol. The number of piperazine rings is 1. The van der Waals surface area contributed by atoms with Gasteiger partial charge < -0.3 is 14.5 Å². The van der Waals surface area contributed by atoms with Crippen molar-refractivity contribution in [2.75, 3.05) is 57.4 Å². The number of benzene rings is 2. The summed E-state index contributed by atoms with van der Waals surface area (Å²) in [7, 11) is -3.79. The van der Waals surface area contributed by atoms with E-state index in [2.05, 4.69) is 36.9 Å². The fourth-order valence-corrected chi connectivity index (χ4v) is 6.08. The van der Waals surface area contributed by atoms with Gasteiger partial charge >= 0.3 is 0 Å². The van der Waals surface area contributed by atoms with Gasteiger partial charge in [0, 0.05) is 50.5 Å². The van der Waals surface area contributed by atoms with Crippen molar-refractivity contribution in [2.45, 2.75) is 18.7 Å². The zero-order valence-electron chi connectivity index (χ0n) is 18.4. The van der Waals surface area contributed by atoms with Gasteiger partial charge in [0.05, 0.1) is 18.2 Å². The second-order valence-corrected chi connectivity index (χ2v) is 10.5. The molecule has 0 aromatic heterocycles. The van der Waals surface area contributed by atoms with Gasteiger partial charge in [0.1, 0.15) is 4.90 Å². The van der Waals surface area contributed by atoms with Gasteiger partial charge in [0.25, 0.3) is 5.91 Å². The van der Waals surface area contributed by atoms with Crippen LogP contribution in [0, 0.1) is 13.8 Å². The molecule has 172 valence electrons. The fraction of sp³-hybridized carbons (Fsp3) is 0.435. The number of carbonyl (C=O) groups is 1. The Hall–Kier alpha value is -2.13. The summed E-state index contributed by atoms with van der Waals surface area (Å²) >= 11 is 6.24. The van der Waals surface area contributed by atoms with Crippen molar-refractivity contribution < 1.29 is 17.9 Å². The predicted octanol–water partition coefficient (Wildman–Crippen LogP) is 2.94. The minimum atomic E-state index is -3.79. The second kappa shape index (κ2) is 9.39. The lowest BCUT2D eigenvalue weighted by molar-refractivity contribution is 0.0729. The molecule has 2 aliphatic heterocycles. The number of sulfonamides is 1. The zero-order chi connectivity index (χ0) is 22.9. The summed E-state index contributed by atoms with van der Waals surface area (Å²) in [6, 6.07) is 10.8. The predicted molar refractivity (Wildman–Crippen MR) is 125 cm³/mol. The highest BCUT2D eigenvalue weighted by Crippen LogP contribution is 2.28. The van der Waals surface area contributed by atoms with E-state index in [1.54, 1.807) is 11.0 Å². The van der Waals surface area contributed by atoms with Crippen LogP contribution in [0.2, 0.25) is 5.02 Å². The molecule has 0 saturated carbocycles. The highest BCUT2D eigenvalue weighted by molar-refractivity contribution is 7.89. The number of carbonyl (C=O) groups excluding carboxylic acids is 1. The van der Waals surface area contributed by atoms with Gasteiger partial charge in [0.15, 0.2) is 0 Å². The number of aryl methyl sites for hydroxylation is 1. The van der Waals surface area contributed by atoms with Gasteiger partial charge in [-0.05, 0) is 49.2 Å². The van der Waals surface area contributed by atoms with Crippen molar-refractivity contribution >= 4 is 33.2 Å². The molecule has 2 aromatic rings. The minimum Gasteiger partial charge on any atom is -0.379 e. The van der Waals surface area contributed by atoms with Gasteiger partial charge in [-0.1, -0.05) is 23.7 Å². The number of hydrogen-bond donors (Lipinski definition) is 0. The number of morpholine rings is 1. The maximum Gasteiger partial charge on any atom is 0.254 e. The number of anilines is 1. The number of hydrogen-bond acceptors (Lipinski definition) is 5. The van der Waals surface area contributed by atoms with Crippen molar-refractivity contribution in [3.63, 3.8) is 0 Å². The summed E-state index contributed by atoms with van der Waals surface area (Å²) in [6.07, 6.45) is 0. The van der Waals surface area contributed by atoms with Crippen LogP contribution in [0.25, 0.3) is 0 Å². The molecule has 1 amide bonds. The van der Waals surface area contributed by atoms with E-state index in [-0.39, 0.29) is 28.9 Å². The Labute approximate surface area is 194 Å². The molecule has 2 heterocycles. The Balaban J connectivity index is 1.50. The van der Waals surface area contributed by atoms with Crippen molar-refractivity contribution in [2.24, 2.45) is 0 Å². The molecule has 2 aromatic carbocycles. The van der Waals surface area contributed by atoms with Gasteiger partial charge in [0.2, 0.25) is 10.0 Å². The maximum absolute atomic E-state index is 13.2. The average Bonchev–Trinajstić information content (AvgIpc) is 2.81. The third-order valence-electron chi connectivity index (χ3n) is 6.25. The van der Waals surface area contributed by atoms with Crippen molar-refractivity contribution in [3.8, 4) is 0 Å². The van der Waals surface area contributed by atoms with E-state index in [9.17, 15) is 13.2 Å². The van der Waals surface area contributed by atoms with E-state index in [0.29, 0.717) is 31.9 Å². The largest absolute Gasteiger partial charge is 0.379 e. The lowest BCUT2D eigenvalue weighted by atomic mass is 10.1. The molecule has 0 atom stereocenters. The number of amides is 1. The van der Waals surface area contributed by atoms with Crippen LogP contribution in [0.1, 0.15) is 21.5 Å². The van der Waals surface area contributed by atoms with Crippen LogP contribution in [0.15, 0.2) is 41.3 Å². The first-order chi connectivity index (χ1) is 15.3. The Bertz CT molecular complexity index is 1110. The Morgan fingerprint density at radius 1 is 0.969 bits per heavy atom. The fourth-order valence-electron chi connectivity index (χ4n) is 4.17. The molecule has 0 aliphatic carbocycles. The third-order valence-corrected chi connectivity index (χ3v) is 8.63. The molecule has 32 heavy (non-hydrogen) atoms. The average molecular weight is 478 g/mol. The molecule has 9 heteroatoms. The first kappa shape index (κ1) is 23.0. The summed E-state index contributed by atoms with van der Waals surface area (Å²) in [4.78, 5) is 17.2. The highest BCUT2D eigenvalue weighted by atomic mass is 35.5. The quantitative estimate of drug-likeness (QED) is 0.677. The molecule has 7 nitrogen and oxygen atoms in total. The zero-order valence-corrected chi connectivity index (χ0v) is 20.0. The summed E-state index contributed by atoms with van der Waals surface area (Å²) in [6.45, 7) is 8.05. The molecule has 2 saturated heterocycles. The van der Waals surface area contributed by atoms with Gasteiger partial charge in [-0.15, -0.1) is 0 Å². The van der Waals surface area contributed by atoms with Gasteiger partial charge in [-0.2, -0.15) is 4.31 Å². The molecule has 0 N–H and O–H groups in total. The van der Waals surface area contributed by atoms with Gasteiger partial charge in [-0.25, -0.2) is 8.42 Å². The van der Waals surface area contributed by atoms with Crippen molar-refractivity contribution in [3.05, 3.63) is 58.1 Å². The first-order valence-electron chi connectivity index (χ1n) is 10.8. The Morgan fingerprint density at radius 2 is 1.66 bits per heavy atom. The first-order valence-corrected chi connectivity index (χ1v) is 12.6. The summed E-state index contributed by atoms with van der Waals surface area (Å²) in [5.41, 5.74) is 4.03. The van der Waals surface area contributed by atoms with E-state index in [1.165, 1.54) is 33.3 Å². The van der Waals surface area contributed by atoms with Crippen LogP contribution < -0.4 is 4.90 Å². The molecule has 0 bridgehead atoms. The highest BCUT2D eigenvalue weighted by Gasteiger charge is 2.30. The van der Waals surface area contributed by atoms with Crippen LogP contribution in [0.4, 0.5) is 5.69 Å². The SMILES string of the molecule is Cc1cccc(N2CCN(C(=O)c3ccc(Cl)c(S(=O)(=O)N4CCOCC4)c3)CC2)c1C. The van der Waals surface area contributed by atoms with Gasteiger partial charge in [-0.3, -0.25) is 4.79 Å². The number of halogens is 1. The topological polar surface area (TPSA) is 70.2 Å². The number of nitrogens with zero attached hydrogens (tertiary/aromatic N) is 3. The maximum atomic E-state index is 13.2. The lowest BCUT2D eigenvalue weighted by Crippen LogP contribution is -2.49. The number of ether oxygens (including phenoxy) is 1. The van der Waals surface area contributed by atoms with E-state index < -0.39 is 10.0 Å². The Morgan fingerprint density at radius 3 is 2.34 bits per heavy atom. The van der Waals surface area contributed by atoms with E-state index >= 15 is 0 Å². The minimum absolute atomic E-state index is 0.0269. The van der Waals surface area contributed by atoms with Crippen LogP contribution in [-0.4, -0.2) is 76.0 Å². The normalized spacial score (nSPS) is 18.1. The summed E-state index contributed by atoms with van der Waals surface area (Å²) in [5, 5.41) is 0.118.